The number of rotatable bonds is 1. The summed E-state index contributed by atoms with van der Waals surface area (Å²) in [5.41, 5.74) is 1.54. The Balaban J connectivity index is 3.30. The highest BCUT2D eigenvalue weighted by Crippen LogP contribution is 2.26. The molecule has 0 fully saturated rings. The van der Waals surface area contributed by atoms with E-state index >= 15 is 0 Å². The van der Waals surface area contributed by atoms with Crippen molar-refractivity contribution in [2.75, 3.05) is 0 Å². The summed E-state index contributed by atoms with van der Waals surface area (Å²) in [5, 5.41) is 4.19. The zero-order chi connectivity index (χ0) is 10.2. The molecule has 0 bridgehead atoms. The molecule has 0 saturated carbocycles. The Morgan fingerprint density at radius 1 is 1.38 bits per heavy atom. The van der Waals surface area contributed by atoms with Crippen LogP contribution in [0.4, 0.5) is 4.39 Å². The molecule has 0 spiro atoms. The molecule has 0 aliphatic rings. The lowest BCUT2D eigenvalue weighted by molar-refractivity contribution is 0.492. The van der Waals surface area contributed by atoms with Gasteiger partial charge < -0.3 is 0 Å². The standard InChI is InChI=1S/C10H17FN2/c1-6-7-8(10(2,3)4)12-13(5)9(7)11/h6H2,1-5H3. The lowest BCUT2D eigenvalue weighted by Crippen LogP contribution is -2.14. The van der Waals surface area contributed by atoms with Crippen LogP contribution in [0.15, 0.2) is 0 Å². The van der Waals surface area contributed by atoms with Crippen LogP contribution < -0.4 is 0 Å². The van der Waals surface area contributed by atoms with Crippen LogP contribution >= 0.6 is 0 Å². The highest BCUT2D eigenvalue weighted by molar-refractivity contribution is 5.25. The van der Waals surface area contributed by atoms with E-state index in [-0.39, 0.29) is 11.4 Å². The van der Waals surface area contributed by atoms with Crippen LogP contribution in [0.1, 0.15) is 39.0 Å². The average Bonchev–Trinajstić information content (AvgIpc) is 2.28. The molecule has 2 nitrogen and oxygen atoms in total. The van der Waals surface area contributed by atoms with Gasteiger partial charge in [0.05, 0.1) is 5.69 Å². The summed E-state index contributed by atoms with van der Waals surface area (Å²) in [4.78, 5) is 0. The van der Waals surface area contributed by atoms with Gasteiger partial charge in [0.15, 0.2) is 0 Å². The minimum absolute atomic E-state index is 0.0759. The number of aryl methyl sites for hydroxylation is 1. The van der Waals surface area contributed by atoms with E-state index in [0.29, 0.717) is 6.42 Å². The Kier molecular flexibility index (Phi) is 2.46. The second-order valence-electron chi connectivity index (χ2n) is 4.35. The Labute approximate surface area is 78.8 Å². The molecule has 0 amide bonds. The molecule has 0 atom stereocenters. The van der Waals surface area contributed by atoms with Crippen molar-refractivity contribution in [2.45, 2.75) is 39.5 Å². The first-order valence-electron chi connectivity index (χ1n) is 4.59. The predicted octanol–water partition coefficient (Wildman–Crippen LogP) is 2.42. The molecular weight excluding hydrogens is 167 g/mol. The van der Waals surface area contributed by atoms with Gasteiger partial charge in [0, 0.05) is 18.0 Å². The van der Waals surface area contributed by atoms with E-state index in [1.165, 1.54) is 4.68 Å². The molecule has 0 unspecified atom stereocenters. The topological polar surface area (TPSA) is 17.8 Å². The van der Waals surface area contributed by atoms with E-state index in [1.54, 1.807) is 7.05 Å². The third kappa shape index (κ3) is 1.74. The second-order valence-corrected chi connectivity index (χ2v) is 4.35. The third-order valence-corrected chi connectivity index (χ3v) is 2.13. The van der Waals surface area contributed by atoms with Crippen LogP contribution in [0, 0.1) is 5.95 Å². The molecule has 3 heteroatoms. The van der Waals surface area contributed by atoms with Gasteiger partial charge in [0.25, 0.3) is 0 Å². The smallest absolute Gasteiger partial charge is 0.214 e. The molecule has 0 aliphatic carbocycles. The minimum Gasteiger partial charge on any atom is -0.242 e. The Bertz CT molecular complexity index is 307. The van der Waals surface area contributed by atoms with Crippen molar-refractivity contribution in [3.8, 4) is 0 Å². The van der Waals surface area contributed by atoms with Crippen molar-refractivity contribution in [2.24, 2.45) is 7.05 Å². The van der Waals surface area contributed by atoms with Gasteiger partial charge in [-0.2, -0.15) is 9.49 Å². The fourth-order valence-electron chi connectivity index (χ4n) is 1.46. The van der Waals surface area contributed by atoms with Crippen LogP contribution in [0.2, 0.25) is 0 Å². The minimum atomic E-state index is -0.201. The lowest BCUT2D eigenvalue weighted by Gasteiger charge is -2.16. The van der Waals surface area contributed by atoms with Crippen molar-refractivity contribution >= 4 is 0 Å². The molecular formula is C10H17FN2. The van der Waals surface area contributed by atoms with E-state index < -0.39 is 0 Å². The molecule has 0 radical (unpaired) electrons. The summed E-state index contributed by atoms with van der Waals surface area (Å²) >= 11 is 0. The zero-order valence-corrected chi connectivity index (χ0v) is 8.98. The monoisotopic (exact) mass is 184 g/mol. The van der Waals surface area contributed by atoms with Gasteiger partial charge in [-0.3, -0.25) is 0 Å². The van der Waals surface area contributed by atoms with Gasteiger partial charge in [-0.1, -0.05) is 27.7 Å². The lowest BCUT2D eigenvalue weighted by atomic mass is 9.89. The molecule has 0 aliphatic heterocycles. The van der Waals surface area contributed by atoms with Gasteiger partial charge in [0.2, 0.25) is 5.95 Å². The second kappa shape index (κ2) is 3.13. The number of halogens is 1. The molecule has 1 aromatic heterocycles. The van der Waals surface area contributed by atoms with Crippen molar-refractivity contribution in [1.82, 2.24) is 9.78 Å². The summed E-state index contributed by atoms with van der Waals surface area (Å²) in [6, 6.07) is 0. The maximum atomic E-state index is 13.5. The quantitative estimate of drug-likeness (QED) is 0.655. The number of hydrogen-bond acceptors (Lipinski definition) is 1. The van der Waals surface area contributed by atoms with Crippen LogP contribution in [-0.4, -0.2) is 9.78 Å². The summed E-state index contributed by atoms with van der Waals surface area (Å²) in [5.74, 6) is -0.201. The van der Waals surface area contributed by atoms with Gasteiger partial charge in [-0.25, -0.2) is 4.68 Å². The molecule has 1 aromatic rings. The Hall–Kier alpha value is -0.860. The van der Waals surface area contributed by atoms with Crippen LogP contribution in [-0.2, 0) is 18.9 Å². The average molecular weight is 184 g/mol. The largest absolute Gasteiger partial charge is 0.242 e. The van der Waals surface area contributed by atoms with Gasteiger partial charge in [-0.15, -0.1) is 0 Å². The SMILES string of the molecule is CCc1c(C(C)(C)C)nn(C)c1F. The Morgan fingerprint density at radius 2 is 1.92 bits per heavy atom. The van der Waals surface area contributed by atoms with Crippen molar-refractivity contribution < 1.29 is 4.39 Å². The molecule has 1 rings (SSSR count). The van der Waals surface area contributed by atoms with Crippen molar-refractivity contribution in [3.05, 3.63) is 17.2 Å². The summed E-state index contributed by atoms with van der Waals surface area (Å²) in [6.45, 7) is 8.10. The molecule has 1 heterocycles. The predicted molar refractivity (Wildman–Crippen MR) is 51.2 cm³/mol. The van der Waals surface area contributed by atoms with Crippen LogP contribution in [0.5, 0.6) is 0 Å². The molecule has 0 saturated heterocycles. The van der Waals surface area contributed by atoms with E-state index in [2.05, 4.69) is 5.10 Å². The van der Waals surface area contributed by atoms with Crippen molar-refractivity contribution in [1.29, 1.82) is 0 Å². The first kappa shape index (κ1) is 10.2. The fourth-order valence-corrected chi connectivity index (χ4v) is 1.46. The molecule has 0 aromatic carbocycles. The van der Waals surface area contributed by atoms with Crippen LogP contribution in [0.3, 0.4) is 0 Å². The summed E-state index contributed by atoms with van der Waals surface area (Å²) in [7, 11) is 1.64. The summed E-state index contributed by atoms with van der Waals surface area (Å²) in [6.07, 6.45) is 0.701. The van der Waals surface area contributed by atoms with E-state index in [0.717, 1.165) is 11.3 Å². The maximum absolute atomic E-state index is 13.5. The maximum Gasteiger partial charge on any atom is 0.214 e. The highest BCUT2D eigenvalue weighted by Gasteiger charge is 2.24. The zero-order valence-electron chi connectivity index (χ0n) is 8.98. The molecule has 13 heavy (non-hydrogen) atoms. The van der Waals surface area contributed by atoms with Gasteiger partial charge >= 0.3 is 0 Å². The number of aromatic nitrogens is 2. The summed E-state index contributed by atoms with van der Waals surface area (Å²) < 4.78 is 14.8. The van der Waals surface area contributed by atoms with E-state index in [9.17, 15) is 4.39 Å². The normalized spacial score (nSPS) is 12.2. The van der Waals surface area contributed by atoms with Crippen molar-refractivity contribution in [3.63, 3.8) is 0 Å². The fraction of sp³-hybridized carbons (Fsp3) is 0.700. The van der Waals surface area contributed by atoms with Gasteiger partial charge in [0.1, 0.15) is 0 Å². The number of hydrogen-bond donors (Lipinski definition) is 0. The van der Waals surface area contributed by atoms with Crippen LogP contribution in [0.25, 0.3) is 0 Å². The van der Waals surface area contributed by atoms with E-state index in [4.69, 9.17) is 0 Å². The Morgan fingerprint density at radius 3 is 2.23 bits per heavy atom. The molecule has 0 N–H and O–H groups in total. The first-order valence-corrected chi connectivity index (χ1v) is 4.59. The van der Waals surface area contributed by atoms with E-state index in [1.807, 2.05) is 27.7 Å². The number of nitrogens with zero attached hydrogens (tertiary/aromatic N) is 2. The molecule has 74 valence electrons. The first-order chi connectivity index (χ1) is 5.88. The highest BCUT2D eigenvalue weighted by atomic mass is 19.1. The van der Waals surface area contributed by atoms with Gasteiger partial charge in [-0.05, 0) is 6.42 Å². The third-order valence-electron chi connectivity index (χ3n) is 2.13.